The third-order valence-electron chi connectivity index (χ3n) is 3.28. The average Bonchev–Trinajstić information content (AvgIpc) is 2.66. The number of hydrogen-bond donors (Lipinski definition) is 1. The molecular weight excluding hydrogens is 334 g/mol. The zero-order chi connectivity index (χ0) is 15.7. The van der Waals surface area contributed by atoms with Crippen LogP contribution in [0.15, 0.2) is 4.90 Å². The second-order valence-corrected chi connectivity index (χ2v) is 10.1. The molecule has 10 heteroatoms. The van der Waals surface area contributed by atoms with Crippen LogP contribution < -0.4 is 10.6 Å². The van der Waals surface area contributed by atoms with Crippen molar-refractivity contribution < 1.29 is 16.8 Å². The zero-order valence-corrected chi connectivity index (χ0v) is 14.2. The van der Waals surface area contributed by atoms with Crippen LogP contribution in [0, 0.1) is 0 Å². The van der Waals surface area contributed by atoms with E-state index in [9.17, 15) is 16.8 Å². The van der Waals surface area contributed by atoms with Crippen LogP contribution in [0.5, 0.6) is 0 Å². The van der Waals surface area contributed by atoms with Gasteiger partial charge in [0.25, 0.3) is 0 Å². The molecule has 21 heavy (non-hydrogen) atoms. The van der Waals surface area contributed by atoms with Crippen molar-refractivity contribution in [2.45, 2.75) is 24.7 Å². The minimum absolute atomic E-state index is 0.00868. The number of nitrogen functional groups attached to an aromatic ring is 1. The summed E-state index contributed by atoms with van der Waals surface area (Å²) in [5.41, 5.74) is 5.73. The van der Waals surface area contributed by atoms with E-state index >= 15 is 0 Å². The van der Waals surface area contributed by atoms with Crippen LogP contribution in [0.3, 0.4) is 0 Å². The number of nitrogens with two attached hydrogens (primary N) is 1. The van der Waals surface area contributed by atoms with Crippen molar-refractivity contribution in [1.82, 2.24) is 4.37 Å². The summed E-state index contributed by atoms with van der Waals surface area (Å²) in [6.07, 6.45) is 0.971. The van der Waals surface area contributed by atoms with E-state index in [1.807, 2.05) is 0 Å². The van der Waals surface area contributed by atoms with E-state index in [-0.39, 0.29) is 34.5 Å². The summed E-state index contributed by atoms with van der Waals surface area (Å²) in [6, 6.07) is 0. The molecular formula is C11H19N3O4S3. The third kappa shape index (κ3) is 3.67. The smallest absolute Gasteiger partial charge is 0.185 e. The molecule has 2 N–H and O–H groups in total. The maximum Gasteiger partial charge on any atom is 0.185 e. The van der Waals surface area contributed by atoms with Gasteiger partial charge in [0.05, 0.1) is 17.3 Å². The minimum Gasteiger partial charge on any atom is -0.382 e. The highest BCUT2D eigenvalue weighted by atomic mass is 32.2. The SMILES string of the molecule is CCCS(=O)(=O)c1c(N)nsc1N1CCCS(=O)(=O)CC1. The zero-order valence-electron chi connectivity index (χ0n) is 11.8. The number of nitrogens with zero attached hydrogens (tertiary/aromatic N) is 2. The van der Waals surface area contributed by atoms with E-state index in [1.165, 1.54) is 0 Å². The first-order valence-corrected chi connectivity index (χ1v) is 10.9. The molecule has 1 aromatic heterocycles. The Morgan fingerprint density at radius 3 is 2.71 bits per heavy atom. The second-order valence-electron chi connectivity index (χ2n) is 5.01. The highest BCUT2D eigenvalue weighted by Gasteiger charge is 2.29. The number of rotatable bonds is 4. The Kier molecular flexibility index (Phi) is 4.79. The predicted molar refractivity (Wildman–Crippen MR) is 84.4 cm³/mol. The molecule has 0 radical (unpaired) electrons. The first-order chi connectivity index (χ1) is 9.77. The van der Waals surface area contributed by atoms with E-state index < -0.39 is 19.7 Å². The Morgan fingerprint density at radius 2 is 2.05 bits per heavy atom. The van der Waals surface area contributed by atoms with Gasteiger partial charge in [-0.05, 0) is 24.4 Å². The molecule has 0 saturated carbocycles. The summed E-state index contributed by atoms with van der Waals surface area (Å²) >= 11 is 1.02. The molecule has 1 aromatic rings. The van der Waals surface area contributed by atoms with Gasteiger partial charge in [0.1, 0.15) is 9.90 Å². The van der Waals surface area contributed by atoms with Crippen molar-refractivity contribution in [2.24, 2.45) is 0 Å². The molecule has 1 fully saturated rings. The summed E-state index contributed by atoms with van der Waals surface area (Å²) in [5, 5.41) is 0.470. The van der Waals surface area contributed by atoms with Gasteiger partial charge < -0.3 is 10.6 Å². The van der Waals surface area contributed by atoms with Crippen LogP contribution in [0.1, 0.15) is 19.8 Å². The summed E-state index contributed by atoms with van der Waals surface area (Å²) in [6.45, 7) is 2.56. The van der Waals surface area contributed by atoms with Crippen LogP contribution in [0.2, 0.25) is 0 Å². The molecule has 0 atom stereocenters. The normalized spacial score (nSPS) is 19.4. The summed E-state index contributed by atoms with van der Waals surface area (Å²) in [4.78, 5) is 1.84. The lowest BCUT2D eigenvalue weighted by molar-refractivity contribution is 0.594. The number of aromatic nitrogens is 1. The topological polar surface area (TPSA) is 110 Å². The molecule has 1 aliphatic heterocycles. The van der Waals surface area contributed by atoms with Crippen LogP contribution in [-0.4, -0.2) is 51.6 Å². The van der Waals surface area contributed by atoms with Crippen molar-refractivity contribution in [3.63, 3.8) is 0 Å². The molecule has 0 spiro atoms. The Morgan fingerprint density at radius 1 is 1.33 bits per heavy atom. The van der Waals surface area contributed by atoms with Gasteiger partial charge in [0, 0.05) is 13.1 Å². The Hall–Kier alpha value is -0.870. The third-order valence-corrected chi connectivity index (χ3v) is 8.02. The molecule has 1 aliphatic rings. The lowest BCUT2D eigenvalue weighted by Gasteiger charge is -2.21. The molecule has 0 unspecified atom stereocenters. The maximum atomic E-state index is 12.3. The largest absolute Gasteiger partial charge is 0.382 e. The van der Waals surface area contributed by atoms with Crippen LogP contribution >= 0.6 is 11.5 Å². The molecule has 0 amide bonds. The molecule has 0 aliphatic carbocycles. The van der Waals surface area contributed by atoms with Crippen molar-refractivity contribution in [3.05, 3.63) is 0 Å². The Bertz CT molecular complexity index is 709. The van der Waals surface area contributed by atoms with Crippen LogP contribution in [0.4, 0.5) is 10.8 Å². The van der Waals surface area contributed by atoms with E-state index in [0.717, 1.165) is 11.5 Å². The van der Waals surface area contributed by atoms with Gasteiger partial charge >= 0.3 is 0 Å². The number of sulfone groups is 2. The minimum atomic E-state index is -3.49. The first-order valence-electron chi connectivity index (χ1n) is 6.70. The Labute approximate surface area is 129 Å². The monoisotopic (exact) mass is 353 g/mol. The highest BCUT2D eigenvalue weighted by Crippen LogP contribution is 2.36. The van der Waals surface area contributed by atoms with E-state index in [4.69, 9.17) is 5.73 Å². The summed E-state index contributed by atoms with van der Waals surface area (Å²) in [5.74, 6) is 0.178. The molecule has 1 saturated heterocycles. The fraction of sp³-hybridized carbons (Fsp3) is 0.727. The fourth-order valence-electron chi connectivity index (χ4n) is 2.29. The maximum absolute atomic E-state index is 12.3. The van der Waals surface area contributed by atoms with Gasteiger partial charge in [-0.2, -0.15) is 4.37 Å². The van der Waals surface area contributed by atoms with Crippen molar-refractivity contribution in [3.8, 4) is 0 Å². The van der Waals surface area contributed by atoms with Gasteiger partial charge in [-0.1, -0.05) is 6.92 Å². The first kappa shape index (κ1) is 16.5. The molecule has 0 bridgehead atoms. The van der Waals surface area contributed by atoms with Crippen molar-refractivity contribution in [2.75, 3.05) is 41.0 Å². The van der Waals surface area contributed by atoms with Gasteiger partial charge in [0.15, 0.2) is 25.5 Å². The molecule has 2 heterocycles. The lowest BCUT2D eigenvalue weighted by Crippen LogP contribution is -2.27. The number of anilines is 2. The number of hydrogen-bond acceptors (Lipinski definition) is 8. The molecule has 0 aromatic carbocycles. The fourth-order valence-corrected chi connectivity index (χ4v) is 6.38. The second kappa shape index (κ2) is 6.09. The molecule has 120 valence electrons. The highest BCUT2D eigenvalue weighted by molar-refractivity contribution is 7.92. The van der Waals surface area contributed by atoms with Crippen molar-refractivity contribution in [1.29, 1.82) is 0 Å². The van der Waals surface area contributed by atoms with E-state index in [0.29, 0.717) is 24.4 Å². The van der Waals surface area contributed by atoms with Gasteiger partial charge in [-0.25, -0.2) is 16.8 Å². The molecule has 7 nitrogen and oxygen atoms in total. The van der Waals surface area contributed by atoms with Crippen LogP contribution in [-0.2, 0) is 19.7 Å². The van der Waals surface area contributed by atoms with Gasteiger partial charge in [-0.3, -0.25) is 0 Å². The van der Waals surface area contributed by atoms with Crippen LogP contribution in [0.25, 0.3) is 0 Å². The lowest BCUT2D eigenvalue weighted by atomic mass is 10.4. The predicted octanol–water partition coefficient (Wildman–Crippen LogP) is 0.534. The summed E-state index contributed by atoms with van der Waals surface area (Å²) in [7, 11) is -6.54. The summed E-state index contributed by atoms with van der Waals surface area (Å²) < 4.78 is 51.9. The molecule has 2 rings (SSSR count). The van der Waals surface area contributed by atoms with Gasteiger partial charge in [-0.15, -0.1) is 0 Å². The van der Waals surface area contributed by atoms with E-state index in [2.05, 4.69) is 4.37 Å². The van der Waals surface area contributed by atoms with Gasteiger partial charge in [0.2, 0.25) is 0 Å². The Balaban J connectivity index is 2.37. The van der Waals surface area contributed by atoms with E-state index in [1.54, 1.807) is 11.8 Å². The van der Waals surface area contributed by atoms with Crippen molar-refractivity contribution >= 4 is 42.0 Å². The standard InChI is InChI=1S/C11H19N3O4S3/c1-2-6-21(17,18)9-10(12)13-19-11(9)14-4-3-7-20(15,16)8-5-14/h2-8H2,1H3,(H2,12,13). The average molecular weight is 353 g/mol. The quantitative estimate of drug-likeness (QED) is 0.840.